The minimum Gasteiger partial charge on any atom is -0.308 e. The van der Waals surface area contributed by atoms with Gasteiger partial charge >= 0.3 is 0 Å². The lowest BCUT2D eigenvalue weighted by Gasteiger charge is -2.27. The Morgan fingerprint density at radius 1 is 1.35 bits per heavy atom. The molecule has 2 heterocycles. The second-order valence-electron chi connectivity index (χ2n) is 4.72. The molecule has 1 fully saturated rings. The fraction of sp³-hybridized carbons (Fsp3) is 0.692. The highest BCUT2D eigenvalue weighted by Gasteiger charge is 2.11. The van der Waals surface area contributed by atoms with E-state index in [0.717, 1.165) is 6.54 Å². The van der Waals surface area contributed by atoms with Gasteiger partial charge in [-0.3, -0.25) is 0 Å². The van der Waals surface area contributed by atoms with Crippen LogP contribution >= 0.6 is 27.3 Å². The normalized spacial score (nSPS) is 19.4. The molecule has 1 unspecified atom stereocenters. The summed E-state index contributed by atoms with van der Waals surface area (Å²) >= 11 is 5.34. The van der Waals surface area contributed by atoms with Gasteiger partial charge in [0.05, 0.1) is 3.79 Å². The molecule has 1 aromatic rings. The molecule has 1 aliphatic heterocycles. The number of halogens is 1. The van der Waals surface area contributed by atoms with Crippen LogP contribution in [0.3, 0.4) is 0 Å². The second-order valence-corrected chi connectivity index (χ2v) is 7.21. The molecular weight excluding hydrogens is 296 g/mol. The van der Waals surface area contributed by atoms with Gasteiger partial charge in [0.2, 0.25) is 0 Å². The van der Waals surface area contributed by atoms with Crippen molar-refractivity contribution in [3.63, 3.8) is 0 Å². The van der Waals surface area contributed by atoms with E-state index in [2.05, 4.69) is 45.2 Å². The molecule has 1 saturated heterocycles. The summed E-state index contributed by atoms with van der Waals surface area (Å²) in [7, 11) is 0. The maximum absolute atomic E-state index is 3.61. The lowest BCUT2D eigenvalue weighted by molar-refractivity contribution is 0.227. The average molecular weight is 317 g/mol. The van der Waals surface area contributed by atoms with Gasteiger partial charge in [0.1, 0.15) is 0 Å². The van der Waals surface area contributed by atoms with Crippen molar-refractivity contribution in [2.24, 2.45) is 0 Å². The Morgan fingerprint density at radius 2 is 2.12 bits per heavy atom. The quantitative estimate of drug-likeness (QED) is 0.892. The van der Waals surface area contributed by atoms with Crippen LogP contribution in [-0.2, 0) is 0 Å². The summed E-state index contributed by atoms with van der Waals surface area (Å²) in [6.45, 7) is 7.11. The van der Waals surface area contributed by atoms with Gasteiger partial charge in [0, 0.05) is 24.0 Å². The zero-order valence-corrected chi connectivity index (χ0v) is 12.8. The van der Waals surface area contributed by atoms with E-state index < -0.39 is 0 Å². The molecule has 1 aliphatic rings. The molecular formula is C13H21BrN2S. The van der Waals surface area contributed by atoms with Crippen molar-refractivity contribution >= 4 is 27.3 Å². The van der Waals surface area contributed by atoms with Crippen LogP contribution < -0.4 is 5.32 Å². The van der Waals surface area contributed by atoms with Crippen LogP contribution in [0.5, 0.6) is 0 Å². The standard InChI is InChI=1S/C13H21BrN2S/c1-11(12-5-6-13(14)17-12)15-7-10-16-8-3-2-4-9-16/h5-6,11,15H,2-4,7-10H2,1H3. The zero-order valence-electron chi connectivity index (χ0n) is 10.4. The summed E-state index contributed by atoms with van der Waals surface area (Å²) in [4.78, 5) is 3.99. The van der Waals surface area contributed by atoms with Crippen LogP contribution in [0, 0.1) is 0 Å². The van der Waals surface area contributed by atoms with E-state index in [1.165, 1.54) is 47.6 Å². The largest absolute Gasteiger partial charge is 0.308 e. The number of rotatable bonds is 5. The Balaban J connectivity index is 1.67. The Morgan fingerprint density at radius 3 is 2.76 bits per heavy atom. The van der Waals surface area contributed by atoms with Crippen molar-refractivity contribution in [3.8, 4) is 0 Å². The number of hydrogen-bond acceptors (Lipinski definition) is 3. The van der Waals surface area contributed by atoms with Gasteiger partial charge < -0.3 is 10.2 Å². The first kappa shape index (κ1) is 13.5. The van der Waals surface area contributed by atoms with Crippen molar-refractivity contribution < 1.29 is 0 Å². The first-order valence-electron chi connectivity index (χ1n) is 6.46. The summed E-state index contributed by atoms with van der Waals surface area (Å²) in [5.74, 6) is 0. The molecule has 0 amide bonds. The van der Waals surface area contributed by atoms with Gasteiger partial charge in [-0.25, -0.2) is 0 Å². The number of piperidine rings is 1. The smallest absolute Gasteiger partial charge is 0.0701 e. The highest BCUT2D eigenvalue weighted by molar-refractivity contribution is 9.11. The van der Waals surface area contributed by atoms with Gasteiger partial charge in [-0.15, -0.1) is 11.3 Å². The van der Waals surface area contributed by atoms with E-state index >= 15 is 0 Å². The molecule has 1 N–H and O–H groups in total. The van der Waals surface area contributed by atoms with E-state index in [0.29, 0.717) is 6.04 Å². The molecule has 0 radical (unpaired) electrons. The summed E-state index contributed by atoms with van der Waals surface area (Å²) in [6, 6.07) is 4.80. The summed E-state index contributed by atoms with van der Waals surface area (Å²) < 4.78 is 1.22. The molecule has 1 atom stereocenters. The summed E-state index contributed by atoms with van der Waals surface area (Å²) in [5.41, 5.74) is 0. The zero-order chi connectivity index (χ0) is 12.1. The van der Waals surface area contributed by atoms with Gasteiger partial charge in [-0.1, -0.05) is 6.42 Å². The Hall–Kier alpha value is 0.1000. The molecule has 0 bridgehead atoms. The highest BCUT2D eigenvalue weighted by atomic mass is 79.9. The summed E-state index contributed by atoms with van der Waals surface area (Å²) in [5, 5.41) is 3.61. The van der Waals surface area contributed by atoms with Crippen LogP contribution in [0.2, 0.25) is 0 Å². The Kier molecular flexibility index (Phi) is 5.48. The first-order valence-corrected chi connectivity index (χ1v) is 8.07. The third kappa shape index (κ3) is 4.36. The maximum atomic E-state index is 3.61. The molecule has 0 spiro atoms. The minimum absolute atomic E-state index is 0.469. The van der Waals surface area contributed by atoms with E-state index in [-0.39, 0.29) is 0 Å². The lowest BCUT2D eigenvalue weighted by atomic mass is 10.1. The van der Waals surface area contributed by atoms with Crippen molar-refractivity contribution in [3.05, 3.63) is 20.8 Å². The topological polar surface area (TPSA) is 15.3 Å². The maximum Gasteiger partial charge on any atom is 0.0701 e. The van der Waals surface area contributed by atoms with Gasteiger partial charge in [-0.05, 0) is 60.9 Å². The molecule has 0 saturated carbocycles. The molecule has 17 heavy (non-hydrogen) atoms. The monoisotopic (exact) mass is 316 g/mol. The van der Waals surface area contributed by atoms with Crippen LogP contribution in [0.1, 0.15) is 37.1 Å². The lowest BCUT2D eigenvalue weighted by Crippen LogP contribution is -2.36. The number of nitrogens with zero attached hydrogens (tertiary/aromatic N) is 1. The molecule has 1 aromatic heterocycles. The van der Waals surface area contributed by atoms with Crippen molar-refractivity contribution in [2.75, 3.05) is 26.2 Å². The van der Waals surface area contributed by atoms with Crippen LogP contribution in [-0.4, -0.2) is 31.1 Å². The Labute approximate surface area is 117 Å². The molecule has 0 aromatic carbocycles. The van der Waals surface area contributed by atoms with Crippen molar-refractivity contribution in [1.29, 1.82) is 0 Å². The fourth-order valence-electron chi connectivity index (χ4n) is 2.28. The molecule has 2 nitrogen and oxygen atoms in total. The van der Waals surface area contributed by atoms with E-state index in [9.17, 15) is 0 Å². The van der Waals surface area contributed by atoms with Crippen molar-refractivity contribution in [2.45, 2.75) is 32.2 Å². The minimum atomic E-state index is 0.469. The third-order valence-electron chi connectivity index (χ3n) is 3.35. The highest BCUT2D eigenvalue weighted by Crippen LogP contribution is 2.26. The number of hydrogen-bond donors (Lipinski definition) is 1. The van der Waals surface area contributed by atoms with Gasteiger partial charge in [-0.2, -0.15) is 0 Å². The molecule has 4 heteroatoms. The molecule has 2 rings (SSSR count). The van der Waals surface area contributed by atoms with E-state index in [1.807, 2.05) is 11.3 Å². The SMILES string of the molecule is CC(NCCN1CCCCC1)c1ccc(Br)s1. The number of thiophene rings is 1. The summed E-state index contributed by atoms with van der Waals surface area (Å²) in [6.07, 6.45) is 4.18. The predicted molar refractivity (Wildman–Crippen MR) is 78.7 cm³/mol. The van der Waals surface area contributed by atoms with Crippen molar-refractivity contribution in [1.82, 2.24) is 10.2 Å². The first-order chi connectivity index (χ1) is 8.25. The number of likely N-dealkylation sites (tertiary alicyclic amines) is 1. The Bertz CT molecular complexity index is 334. The van der Waals surface area contributed by atoms with Gasteiger partial charge in [0.15, 0.2) is 0 Å². The van der Waals surface area contributed by atoms with Crippen LogP contribution in [0.4, 0.5) is 0 Å². The average Bonchev–Trinajstić information content (AvgIpc) is 2.77. The van der Waals surface area contributed by atoms with Crippen LogP contribution in [0.25, 0.3) is 0 Å². The molecule has 96 valence electrons. The van der Waals surface area contributed by atoms with E-state index in [4.69, 9.17) is 0 Å². The fourth-order valence-corrected chi connectivity index (χ4v) is 3.73. The van der Waals surface area contributed by atoms with Gasteiger partial charge in [0.25, 0.3) is 0 Å². The number of nitrogens with one attached hydrogen (secondary N) is 1. The third-order valence-corrected chi connectivity index (χ3v) is 5.15. The second kappa shape index (κ2) is 6.88. The molecule has 0 aliphatic carbocycles. The predicted octanol–water partition coefficient (Wildman–Crippen LogP) is 3.65. The van der Waals surface area contributed by atoms with Crippen LogP contribution in [0.15, 0.2) is 15.9 Å². The van der Waals surface area contributed by atoms with E-state index in [1.54, 1.807) is 0 Å².